The van der Waals surface area contributed by atoms with Crippen molar-refractivity contribution >= 4 is 5.97 Å². The molecule has 0 aliphatic rings. The molecule has 0 aliphatic carbocycles. The first-order chi connectivity index (χ1) is 9.10. The van der Waals surface area contributed by atoms with Gasteiger partial charge in [-0.25, -0.2) is 8.78 Å². The zero-order valence-electron chi connectivity index (χ0n) is 10.4. The van der Waals surface area contributed by atoms with Crippen LogP contribution in [0, 0.1) is 11.6 Å². The van der Waals surface area contributed by atoms with Crippen LogP contribution in [0.5, 0.6) is 0 Å². The highest BCUT2D eigenvalue weighted by Crippen LogP contribution is 2.26. The van der Waals surface area contributed by atoms with Crippen LogP contribution >= 0.6 is 0 Å². The van der Waals surface area contributed by atoms with Crippen LogP contribution in [0.15, 0.2) is 18.2 Å². The number of hydrogen-bond donors (Lipinski definition) is 1. The Labute approximate surface area is 111 Å². The Morgan fingerprint density at radius 3 is 2.35 bits per heavy atom. The van der Waals surface area contributed by atoms with Gasteiger partial charge in [-0.3, -0.25) is 9.69 Å². The average molecular weight is 297 g/mol. The van der Waals surface area contributed by atoms with E-state index in [1.165, 1.54) is 6.92 Å². The van der Waals surface area contributed by atoms with Crippen LogP contribution in [-0.2, 0) is 4.79 Å². The summed E-state index contributed by atoms with van der Waals surface area (Å²) in [6.07, 6.45) is -4.59. The van der Waals surface area contributed by atoms with Gasteiger partial charge in [-0.05, 0) is 24.6 Å². The van der Waals surface area contributed by atoms with E-state index >= 15 is 0 Å². The number of nitrogens with zero attached hydrogens (tertiary/aromatic N) is 1. The minimum absolute atomic E-state index is 0.0643. The second kappa shape index (κ2) is 6.17. The largest absolute Gasteiger partial charge is 0.480 e. The van der Waals surface area contributed by atoms with E-state index < -0.39 is 42.9 Å². The number of carboxylic acids is 1. The third-order valence-corrected chi connectivity index (χ3v) is 2.69. The van der Waals surface area contributed by atoms with Crippen molar-refractivity contribution in [2.75, 3.05) is 13.1 Å². The molecule has 1 atom stereocenters. The Balaban J connectivity index is 2.99. The topological polar surface area (TPSA) is 40.5 Å². The smallest absolute Gasteiger partial charge is 0.401 e. The van der Waals surface area contributed by atoms with E-state index in [1.54, 1.807) is 0 Å². The molecular formula is C12H12F5NO2. The lowest BCUT2D eigenvalue weighted by atomic mass is 10.1. The van der Waals surface area contributed by atoms with Crippen LogP contribution < -0.4 is 0 Å². The quantitative estimate of drug-likeness (QED) is 0.849. The van der Waals surface area contributed by atoms with Crippen LogP contribution in [0.2, 0.25) is 0 Å². The highest BCUT2D eigenvalue weighted by atomic mass is 19.4. The van der Waals surface area contributed by atoms with Crippen molar-refractivity contribution in [3.8, 4) is 0 Å². The fourth-order valence-electron chi connectivity index (χ4n) is 1.72. The number of carboxylic acid groups (broad SMARTS) is 1. The molecule has 0 aromatic heterocycles. The molecule has 112 valence electrons. The lowest BCUT2D eigenvalue weighted by molar-refractivity contribution is -0.157. The predicted octanol–water partition coefficient (Wildman–Crippen LogP) is 2.97. The van der Waals surface area contributed by atoms with E-state index in [0.29, 0.717) is 4.90 Å². The van der Waals surface area contributed by atoms with Gasteiger partial charge in [-0.15, -0.1) is 0 Å². The zero-order chi connectivity index (χ0) is 15.5. The maximum Gasteiger partial charge on any atom is 0.401 e. The van der Waals surface area contributed by atoms with Gasteiger partial charge in [-0.1, -0.05) is 6.07 Å². The second-order valence-corrected chi connectivity index (χ2v) is 4.26. The summed E-state index contributed by atoms with van der Waals surface area (Å²) < 4.78 is 63.1. The lowest BCUT2D eigenvalue weighted by Gasteiger charge is -2.28. The van der Waals surface area contributed by atoms with Crippen molar-refractivity contribution in [3.63, 3.8) is 0 Å². The molecule has 20 heavy (non-hydrogen) atoms. The molecule has 0 aliphatic heterocycles. The minimum Gasteiger partial charge on any atom is -0.480 e. The van der Waals surface area contributed by atoms with Crippen molar-refractivity contribution in [1.82, 2.24) is 4.90 Å². The van der Waals surface area contributed by atoms with Gasteiger partial charge < -0.3 is 5.11 Å². The molecule has 8 heteroatoms. The predicted molar refractivity (Wildman–Crippen MR) is 60.0 cm³/mol. The SMILES string of the molecule is CC(c1ccc(F)c(F)c1)N(CC(=O)O)CC(F)(F)F. The molecule has 1 N–H and O–H groups in total. The summed E-state index contributed by atoms with van der Waals surface area (Å²) in [4.78, 5) is 11.2. The van der Waals surface area contributed by atoms with Crippen molar-refractivity contribution in [2.45, 2.75) is 19.1 Å². The Bertz CT molecular complexity index is 489. The number of aliphatic carboxylic acids is 1. The maximum absolute atomic E-state index is 13.1. The molecule has 3 nitrogen and oxygen atoms in total. The molecule has 0 fully saturated rings. The first-order valence-corrected chi connectivity index (χ1v) is 5.57. The summed E-state index contributed by atoms with van der Waals surface area (Å²) in [6.45, 7) is -1.03. The van der Waals surface area contributed by atoms with Gasteiger partial charge in [0, 0.05) is 6.04 Å². The molecule has 1 unspecified atom stereocenters. The van der Waals surface area contributed by atoms with Gasteiger partial charge >= 0.3 is 12.1 Å². The normalized spacial score (nSPS) is 13.6. The molecular weight excluding hydrogens is 285 g/mol. The van der Waals surface area contributed by atoms with Gasteiger partial charge in [-0.2, -0.15) is 13.2 Å². The first-order valence-electron chi connectivity index (χ1n) is 5.57. The van der Waals surface area contributed by atoms with Crippen LogP contribution in [0.1, 0.15) is 18.5 Å². The average Bonchev–Trinajstić information content (AvgIpc) is 2.28. The fraction of sp³-hybridized carbons (Fsp3) is 0.417. The van der Waals surface area contributed by atoms with E-state index in [4.69, 9.17) is 5.11 Å². The van der Waals surface area contributed by atoms with Crippen molar-refractivity contribution in [2.24, 2.45) is 0 Å². The Morgan fingerprint density at radius 1 is 1.30 bits per heavy atom. The number of benzene rings is 1. The fourth-order valence-corrected chi connectivity index (χ4v) is 1.72. The Hall–Kier alpha value is -1.70. The maximum atomic E-state index is 13.1. The van der Waals surface area contributed by atoms with Crippen LogP contribution in [0.25, 0.3) is 0 Å². The van der Waals surface area contributed by atoms with E-state index in [0.717, 1.165) is 18.2 Å². The van der Waals surface area contributed by atoms with Crippen molar-refractivity contribution in [1.29, 1.82) is 0 Å². The number of alkyl halides is 3. The van der Waals surface area contributed by atoms with E-state index in [1.807, 2.05) is 0 Å². The van der Waals surface area contributed by atoms with Crippen LogP contribution in [0.4, 0.5) is 22.0 Å². The number of rotatable bonds is 5. The third kappa shape index (κ3) is 4.76. The van der Waals surface area contributed by atoms with Crippen molar-refractivity contribution < 1.29 is 31.9 Å². The molecule has 1 rings (SSSR count). The van der Waals surface area contributed by atoms with Gasteiger partial charge in [0.05, 0.1) is 13.1 Å². The Kier molecular flexibility index (Phi) is 5.04. The Morgan fingerprint density at radius 2 is 1.90 bits per heavy atom. The van der Waals surface area contributed by atoms with E-state index in [9.17, 15) is 26.7 Å². The summed E-state index contributed by atoms with van der Waals surface area (Å²) in [6, 6.07) is 1.63. The summed E-state index contributed by atoms with van der Waals surface area (Å²) in [5.74, 6) is -3.76. The van der Waals surface area contributed by atoms with E-state index in [2.05, 4.69) is 0 Å². The second-order valence-electron chi connectivity index (χ2n) is 4.26. The molecule has 0 spiro atoms. The van der Waals surface area contributed by atoms with Crippen LogP contribution in [-0.4, -0.2) is 35.2 Å². The number of carbonyl (C=O) groups is 1. The van der Waals surface area contributed by atoms with Gasteiger partial charge in [0.25, 0.3) is 0 Å². The molecule has 0 bridgehead atoms. The molecule has 0 saturated carbocycles. The van der Waals surface area contributed by atoms with Crippen LogP contribution in [0.3, 0.4) is 0 Å². The first kappa shape index (κ1) is 16.4. The molecule has 0 radical (unpaired) electrons. The standard InChI is InChI=1S/C12H12F5NO2/c1-7(8-2-3-9(13)10(14)4-8)18(5-11(19)20)6-12(15,16)17/h2-4,7H,5-6H2,1H3,(H,19,20). The summed E-state index contributed by atoms with van der Waals surface area (Å²) in [5.41, 5.74) is 0.0643. The lowest BCUT2D eigenvalue weighted by Crippen LogP contribution is -2.39. The van der Waals surface area contributed by atoms with Crippen molar-refractivity contribution in [3.05, 3.63) is 35.4 Å². The number of hydrogen-bond acceptors (Lipinski definition) is 2. The summed E-state index contributed by atoms with van der Waals surface area (Å²) in [7, 11) is 0. The summed E-state index contributed by atoms with van der Waals surface area (Å²) in [5, 5.41) is 8.63. The molecule has 1 aromatic rings. The molecule has 0 amide bonds. The minimum atomic E-state index is -4.59. The number of halogens is 5. The highest BCUT2D eigenvalue weighted by molar-refractivity contribution is 5.69. The van der Waals surface area contributed by atoms with Gasteiger partial charge in [0.15, 0.2) is 11.6 Å². The highest BCUT2D eigenvalue weighted by Gasteiger charge is 2.34. The third-order valence-electron chi connectivity index (χ3n) is 2.69. The molecule has 0 heterocycles. The zero-order valence-corrected chi connectivity index (χ0v) is 10.4. The monoisotopic (exact) mass is 297 g/mol. The summed E-state index contributed by atoms with van der Waals surface area (Å²) >= 11 is 0. The van der Waals surface area contributed by atoms with Gasteiger partial charge in [0.1, 0.15) is 0 Å². The van der Waals surface area contributed by atoms with E-state index in [-0.39, 0.29) is 5.56 Å². The van der Waals surface area contributed by atoms with Gasteiger partial charge in [0.2, 0.25) is 0 Å². The molecule has 1 aromatic carbocycles. The molecule has 0 saturated heterocycles.